The first-order valence-corrected chi connectivity index (χ1v) is 10.7. The van der Waals surface area contributed by atoms with Crippen LogP contribution in [-0.2, 0) is 9.59 Å². The summed E-state index contributed by atoms with van der Waals surface area (Å²) in [5.74, 6) is 1.11. The van der Waals surface area contributed by atoms with Crippen molar-refractivity contribution in [3.8, 4) is 23.0 Å². The van der Waals surface area contributed by atoms with Crippen LogP contribution in [0.3, 0.4) is 0 Å². The lowest BCUT2D eigenvalue weighted by Crippen LogP contribution is -2.31. The summed E-state index contributed by atoms with van der Waals surface area (Å²) in [7, 11) is 2.93. The molecular formula is C26H28N2O6. The molecule has 8 heteroatoms. The number of ether oxygens (including phenoxy) is 4. The van der Waals surface area contributed by atoms with E-state index in [0.717, 1.165) is 0 Å². The van der Waals surface area contributed by atoms with Crippen molar-refractivity contribution in [3.63, 3.8) is 0 Å². The van der Waals surface area contributed by atoms with E-state index in [1.165, 1.54) is 14.2 Å². The number of methoxy groups -OCH3 is 2. The molecular weight excluding hydrogens is 436 g/mol. The Hall–Kier alpha value is -4.20. The Labute approximate surface area is 198 Å². The summed E-state index contributed by atoms with van der Waals surface area (Å²) < 4.78 is 22.2. The largest absolute Gasteiger partial charge is 0.494 e. The monoisotopic (exact) mass is 464 g/mol. The van der Waals surface area contributed by atoms with Crippen LogP contribution < -0.4 is 29.6 Å². The standard InChI is InChI=1S/C26H28N2O6/c1-17(33-19-11-7-5-8-12-19)25(29)27-21-15-24(32-4)22(16-23(21)31-3)28-26(30)18(2)34-20-13-9-6-10-14-20/h5-18H,1-4H3,(H,27,29)(H,28,30). The predicted octanol–water partition coefficient (Wildman–Crippen LogP) is 4.52. The fourth-order valence-corrected chi connectivity index (χ4v) is 3.08. The average molecular weight is 465 g/mol. The zero-order valence-electron chi connectivity index (χ0n) is 19.5. The van der Waals surface area contributed by atoms with Gasteiger partial charge in [0, 0.05) is 12.1 Å². The van der Waals surface area contributed by atoms with Crippen LogP contribution in [0.2, 0.25) is 0 Å². The van der Waals surface area contributed by atoms with Gasteiger partial charge in [-0.05, 0) is 38.1 Å². The van der Waals surface area contributed by atoms with Gasteiger partial charge in [0.25, 0.3) is 11.8 Å². The second-order valence-corrected chi connectivity index (χ2v) is 7.38. The molecule has 2 unspecified atom stereocenters. The van der Waals surface area contributed by atoms with Crippen molar-refractivity contribution in [2.24, 2.45) is 0 Å². The van der Waals surface area contributed by atoms with E-state index in [4.69, 9.17) is 18.9 Å². The third-order valence-electron chi connectivity index (χ3n) is 4.89. The topological polar surface area (TPSA) is 95.1 Å². The zero-order valence-corrected chi connectivity index (χ0v) is 19.5. The number of benzene rings is 3. The van der Waals surface area contributed by atoms with Gasteiger partial charge in [-0.15, -0.1) is 0 Å². The van der Waals surface area contributed by atoms with E-state index in [1.54, 1.807) is 50.2 Å². The molecule has 8 nitrogen and oxygen atoms in total. The van der Waals surface area contributed by atoms with E-state index in [2.05, 4.69) is 10.6 Å². The maximum Gasteiger partial charge on any atom is 0.265 e. The Morgan fingerprint density at radius 2 is 1.00 bits per heavy atom. The van der Waals surface area contributed by atoms with Crippen LogP contribution >= 0.6 is 0 Å². The highest BCUT2D eigenvalue weighted by atomic mass is 16.5. The number of hydrogen-bond donors (Lipinski definition) is 2. The highest BCUT2D eigenvalue weighted by Crippen LogP contribution is 2.36. The molecule has 3 aromatic carbocycles. The van der Waals surface area contributed by atoms with Gasteiger partial charge in [0.2, 0.25) is 0 Å². The summed E-state index contributed by atoms with van der Waals surface area (Å²) in [5.41, 5.74) is 0.749. The molecule has 0 radical (unpaired) electrons. The molecule has 0 aliphatic heterocycles. The summed E-state index contributed by atoms with van der Waals surface area (Å²) in [5, 5.41) is 5.57. The first kappa shape index (κ1) is 24.4. The smallest absolute Gasteiger partial charge is 0.265 e. The lowest BCUT2D eigenvalue weighted by atomic mass is 10.2. The molecule has 3 rings (SSSR count). The zero-order chi connectivity index (χ0) is 24.5. The predicted molar refractivity (Wildman–Crippen MR) is 130 cm³/mol. The molecule has 0 saturated carbocycles. The van der Waals surface area contributed by atoms with Crippen molar-refractivity contribution in [3.05, 3.63) is 72.8 Å². The Bertz CT molecular complexity index is 1020. The third-order valence-corrected chi connectivity index (χ3v) is 4.89. The average Bonchev–Trinajstić information content (AvgIpc) is 2.85. The van der Waals surface area contributed by atoms with Crippen molar-refractivity contribution in [1.82, 2.24) is 0 Å². The van der Waals surface area contributed by atoms with Crippen LogP contribution in [0.25, 0.3) is 0 Å². The third kappa shape index (κ3) is 6.41. The highest BCUT2D eigenvalue weighted by Gasteiger charge is 2.21. The molecule has 0 spiro atoms. The minimum Gasteiger partial charge on any atom is -0.494 e. The molecule has 0 aliphatic rings. The van der Waals surface area contributed by atoms with Gasteiger partial charge in [-0.1, -0.05) is 36.4 Å². The van der Waals surface area contributed by atoms with Crippen LogP contribution in [0.1, 0.15) is 13.8 Å². The number of carbonyl (C=O) groups excluding carboxylic acids is 2. The van der Waals surface area contributed by atoms with Crippen molar-refractivity contribution in [2.45, 2.75) is 26.1 Å². The number of hydrogen-bond acceptors (Lipinski definition) is 6. The van der Waals surface area contributed by atoms with Crippen LogP contribution in [0.5, 0.6) is 23.0 Å². The fraction of sp³-hybridized carbons (Fsp3) is 0.231. The minimum absolute atomic E-state index is 0.341. The molecule has 2 amide bonds. The molecule has 2 atom stereocenters. The normalized spacial score (nSPS) is 12.1. The minimum atomic E-state index is -0.756. The summed E-state index contributed by atoms with van der Waals surface area (Å²) >= 11 is 0. The molecule has 178 valence electrons. The van der Waals surface area contributed by atoms with Gasteiger partial charge in [-0.3, -0.25) is 9.59 Å². The lowest BCUT2D eigenvalue weighted by molar-refractivity contribution is -0.122. The van der Waals surface area contributed by atoms with Gasteiger partial charge in [0.15, 0.2) is 12.2 Å². The number of para-hydroxylation sites is 2. The SMILES string of the molecule is COc1cc(NC(=O)C(C)Oc2ccccc2)c(OC)cc1NC(=O)C(C)Oc1ccccc1. The molecule has 3 aromatic rings. The van der Waals surface area contributed by atoms with Crippen LogP contribution in [0.15, 0.2) is 72.8 Å². The van der Waals surface area contributed by atoms with Crippen LogP contribution in [0.4, 0.5) is 11.4 Å². The quantitative estimate of drug-likeness (QED) is 0.458. The summed E-state index contributed by atoms with van der Waals surface area (Å²) in [6.45, 7) is 3.30. The van der Waals surface area contributed by atoms with E-state index < -0.39 is 12.2 Å². The number of amides is 2. The molecule has 0 fully saturated rings. The summed E-state index contributed by atoms with van der Waals surface area (Å²) in [4.78, 5) is 25.4. The maximum absolute atomic E-state index is 12.7. The van der Waals surface area contributed by atoms with Crippen molar-refractivity contribution in [1.29, 1.82) is 0 Å². The van der Waals surface area contributed by atoms with Gasteiger partial charge in [0.05, 0.1) is 25.6 Å². The second kappa shape index (κ2) is 11.6. The van der Waals surface area contributed by atoms with E-state index in [-0.39, 0.29) is 11.8 Å². The van der Waals surface area contributed by atoms with Gasteiger partial charge >= 0.3 is 0 Å². The number of carbonyl (C=O) groups is 2. The molecule has 0 bridgehead atoms. The molecule has 34 heavy (non-hydrogen) atoms. The van der Waals surface area contributed by atoms with Crippen molar-refractivity contribution in [2.75, 3.05) is 24.9 Å². The van der Waals surface area contributed by atoms with Crippen LogP contribution in [-0.4, -0.2) is 38.2 Å². The van der Waals surface area contributed by atoms with Crippen molar-refractivity contribution >= 4 is 23.2 Å². The fourth-order valence-electron chi connectivity index (χ4n) is 3.08. The summed E-state index contributed by atoms with van der Waals surface area (Å²) in [6.07, 6.45) is -1.51. The molecule has 2 N–H and O–H groups in total. The summed E-state index contributed by atoms with van der Waals surface area (Å²) in [6, 6.07) is 21.3. The number of nitrogens with one attached hydrogen (secondary N) is 2. The maximum atomic E-state index is 12.7. The number of anilines is 2. The Balaban J connectivity index is 1.71. The number of rotatable bonds is 10. The van der Waals surface area contributed by atoms with E-state index in [9.17, 15) is 9.59 Å². The van der Waals surface area contributed by atoms with E-state index >= 15 is 0 Å². The molecule has 0 aromatic heterocycles. The van der Waals surface area contributed by atoms with Gasteiger partial charge in [-0.2, -0.15) is 0 Å². The van der Waals surface area contributed by atoms with Crippen LogP contribution in [0, 0.1) is 0 Å². The van der Waals surface area contributed by atoms with E-state index in [0.29, 0.717) is 34.4 Å². The van der Waals surface area contributed by atoms with Gasteiger partial charge in [0.1, 0.15) is 23.0 Å². The first-order valence-electron chi connectivity index (χ1n) is 10.7. The van der Waals surface area contributed by atoms with E-state index in [1.807, 2.05) is 36.4 Å². The lowest BCUT2D eigenvalue weighted by Gasteiger charge is -2.19. The first-order chi connectivity index (χ1) is 16.4. The molecule has 0 saturated heterocycles. The van der Waals surface area contributed by atoms with Gasteiger partial charge in [-0.25, -0.2) is 0 Å². The molecule has 0 heterocycles. The van der Waals surface area contributed by atoms with Crippen molar-refractivity contribution < 1.29 is 28.5 Å². The Morgan fingerprint density at radius 1 is 0.647 bits per heavy atom. The second-order valence-electron chi connectivity index (χ2n) is 7.38. The highest BCUT2D eigenvalue weighted by molar-refractivity contribution is 5.99. The van der Waals surface area contributed by atoms with Gasteiger partial charge < -0.3 is 29.6 Å². The Morgan fingerprint density at radius 3 is 1.32 bits per heavy atom. The Kier molecular flexibility index (Phi) is 8.34. The molecule has 0 aliphatic carbocycles.